The van der Waals surface area contributed by atoms with Gasteiger partial charge in [0.15, 0.2) is 0 Å². The molecule has 0 unspecified atom stereocenters. The third kappa shape index (κ3) is 4.62. The van der Waals surface area contributed by atoms with Gasteiger partial charge >= 0.3 is 12.1 Å². The Morgan fingerprint density at radius 3 is 2.68 bits per heavy atom. The molecule has 1 amide bonds. The van der Waals surface area contributed by atoms with Crippen molar-refractivity contribution in [1.29, 1.82) is 0 Å². The summed E-state index contributed by atoms with van der Waals surface area (Å²) in [6, 6.07) is 8.07. The standard InChI is InChI=1S/C15H17N3O4/c1-18-8-12(16-10-18)7-13(14(19)20)17-15(21)22-9-11-5-3-2-4-6-11/h2-6,8,10,13H,7,9H2,1H3,(H,17,21)(H,19,20)/t13-/m0/s1. The number of benzene rings is 1. The van der Waals surface area contributed by atoms with Crippen molar-refractivity contribution in [3.63, 3.8) is 0 Å². The largest absolute Gasteiger partial charge is 0.480 e. The second-order valence-electron chi connectivity index (χ2n) is 4.83. The third-order valence-corrected chi connectivity index (χ3v) is 2.97. The number of aromatic nitrogens is 2. The monoisotopic (exact) mass is 303 g/mol. The number of carbonyl (C=O) groups is 2. The van der Waals surface area contributed by atoms with E-state index in [9.17, 15) is 14.7 Å². The van der Waals surface area contributed by atoms with Crippen molar-refractivity contribution >= 4 is 12.1 Å². The molecule has 116 valence electrons. The predicted molar refractivity (Wildman–Crippen MR) is 78.1 cm³/mol. The lowest BCUT2D eigenvalue weighted by Crippen LogP contribution is -2.42. The zero-order valence-corrected chi connectivity index (χ0v) is 12.1. The lowest BCUT2D eigenvalue weighted by molar-refractivity contribution is -0.139. The first-order valence-corrected chi connectivity index (χ1v) is 6.71. The van der Waals surface area contributed by atoms with Crippen LogP contribution in [0.4, 0.5) is 4.79 Å². The molecule has 22 heavy (non-hydrogen) atoms. The van der Waals surface area contributed by atoms with Crippen LogP contribution in [-0.2, 0) is 29.6 Å². The summed E-state index contributed by atoms with van der Waals surface area (Å²) >= 11 is 0. The highest BCUT2D eigenvalue weighted by Gasteiger charge is 2.22. The summed E-state index contributed by atoms with van der Waals surface area (Å²) in [6.07, 6.45) is 2.60. The van der Waals surface area contributed by atoms with Crippen molar-refractivity contribution in [2.75, 3.05) is 0 Å². The summed E-state index contributed by atoms with van der Waals surface area (Å²) in [5.41, 5.74) is 1.41. The highest BCUT2D eigenvalue weighted by Crippen LogP contribution is 2.03. The summed E-state index contributed by atoms with van der Waals surface area (Å²) in [5, 5.41) is 11.5. The van der Waals surface area contributed by atoms with Gasteiger partial charge in [-0.25, -0.2) is 14.6 Å². The second-order valence-corrected chi connectivity index (χ2v) is 4.83. The van der Waals surface area contributed by atoms with Gasteiger partial charge in [-0.1, -0.05) is 30.3 Å². The molecule has 1 aromatic carbocycles. The number of rotatable bonds is 6. The van der Waals surface area contributed by atoms with E-state index in [0.717, 1.165) is 5.56 Å². The number of carboxylic acid groups (broad SMARTS) is 1. The number of carboxylic acids is 1. The molecule has 0 fully saturated rings. The minimum absolute atomic E-state index is 0.0859. The van der Waals surface area contributed by atoms with Crippen molar-refractivity contribution in [3.8, 4) is 0 Å². The SMILES string of the molecule is Cn1cnc(C[C@H](NC(=O)OCc2ccccc2)C(=O)O)c1. The normalized spacial score (nSPS) is 11.7. The Balaban J connectivity index is 1.87. The number of carbonyl (C=O) groups excluding carboxylic acids is 1. The smallest absolute Gasteiger partial charge is 0.408 e. The highest BCUT2D eigenvalue weighted by atomic mass is 16.5. The van der Waals surface area contributed by atoms with Crippen LogP contribution < -0.4 is 5.32 Å². The fourth-order valence-corrected chi connectivity index (χ4v) is 1.89. The van der Waals surface area contributed by atoms with E-state index >= 15 is 0 Å². The molecule has 0 aliphatic carbocycles. The molecule has 2 N–H and O–H groups in total. The summed E-state index contributed by atoms with van der Waals surface area (Å²) in [7, 11) is 1.79. The minimum Gasteiger partial charge on any atom is -0.480 e. The molecule has 0 aliphatic heterocycles. The van der Waals surface area contributed by atoms with Gasteiger partial charge in [-0.15, -0.1) is 0 Å². The molecule has 1 atom stereocenters. The van der Waals surface area contributed by atoms with Crippen molar-refractivity contribution in [2.24, 2.45) is 7.05 Å². The Labute approximate surface area is 127 Å². The van der Waals surface area contributed by atoms with Gasteiger partial charge in [0.25, 0.3) is 0 Å². The van der Waals surface area contributed by atoms with Crippen LogP contribution in [0.15, 0.2) is 42.9 Å². The molecule has 0 aliphatic rings. The van der Waals surface area contributed by atoms with Gasteiger partial charge in [0.1, 0.15) is 12.6 Å². The fraction of sp³-hybridized carbons (Fsp3) is 0.267. The number of nitrogens with one attached hydrogen (secondary N) is 1. The van der Waals surface area contributed by atoms with Gasteiger partial charge in [0.2, 0.25) is 0 Å². The van der Waals surface area contributed by atoms with Gasteiger partial charge < -0.3 is 19.7 Å². The number of hydrogen-bond acceptors (Lipinski definition) is 4. The van der Waals surface area contributed by atoms with E-state index in [1.54, 1.807) is 24.1 Å². The first-order valence-electron chi connectivity index (χ1n) is 6.71. The van der Waals surface area contributed by atoms with Gasteiger partial charge in [-0.05, 0) is 5.56 Å². The predicted octanol–water partition coefficient (Wildman–Crippen LogP) is 1.34. The van der Waals surface area contributed by atoms with Crippen LogP contribution in [0.1, 0.15) is 11.3 Å². The molecule has 0 saturated carbocycles. The summed E-state index contributed by atoms with van der Waals surface area (Å²) in [4.78, 5) is 27.0. The molecule has 7 nitrogen and oxygen atoms in total. The Hall–Kier alpha value is -2.83. The van der Waals surface area contributed by atoms with Crippen molar-refractivity contribution in [3.05, 3.63) is 54.1 Å². The quantitative estimate of drug-likeness (QED) is 0.840. The molecule has 2 rings (SSSR count). The Morgan fingerprint density at radius 1 is 1.36 bits per heavy atom. The Bertz CT molecular complexity index is 639. The molecule has 7 heteroatoms. The van der Waals surface area contributed by atoms with Crippen molar-refractivity contribution in [1.82, 2.24) is 14.9 Å². The van der Waals surface area contributed by atoms with Crippen LogP contribution in [0.5, 0.6) is 0 Å². The highest BCUT2D eigenvalue weighted by molar-refractivity contribution is 5.80. The average Bonchev–Trinajstić information content (AvgIpc) is 2.91. The number of nitrogens with zero attached hydrogens (tertiary/aromatic N) is 2. The number of ether oxygens (including phenoxy) is 1. The molecular formula is C15H17N3O4. The molecule has 2 aromatic rings. The molecular weight excluding hydrogens is 286 g/mol. The molecule has 0 spiro atoms. The van der Waals surface area contributed by atoms with Gasteiger partial charge in [0.05, 0.1) is 12.0 Å². The number of hydrogen-bond donors (Lipinski definition) is 2. The maximum atomic E-state index is 11.7. The summed E-state index contributed by atoms with van der Waals surface area (Å²) in [5.74, 6) is -1.14. The lowest BCUT2D eigenvalue weighted by atomic mass is 10.2. The molecule has 0 saturated heterocycles. The van der Waals surface area contributed by atoms with E-state index in [0.29, 0.717) is 5.69 Å². The van der Waals surface area contributed by atoms with Crippen LogP contribution >= 0.6 is 0 Å². The maximum absolute atomic E-state index is 11.7. The molecule has 0 radical (unpaired) electrons. The van der Waals surface area contributed by atoms with E-state index in [-0.39, 0.29) is 13.0 Å². The van der Waals surface area contributed by atoms with Gasteiger partial charge in [0, 0.05) is 19.7 Å². The number of alkyl carbamates (subject to hydrolysis) is 1. The van der Waals surface area contributed by atoms with Crippen molar-refractivity contribution < 1.29 is 19.4 Å². The number of aryl methyl sites for hydroxylation is 1. The third-order valence-electron chi connectivity index (χ3n) is 2.97. The number of amides is 1. The molecule has 1 heterocycles. The first-order chi connectivity index (χ1) is 10.5. The van der Waals surface area contributed by atoms with Gasteiger partial charge in [-0.2, -0.15) is 0 Å². The molecule has 0 bridgehead atoms. The van der Waals surface area contributed by atoms with E-state index in [1.807, 2.05) is 30.3 Å². The minimum atomic E-state index is -1.14. The van der Waals surface area contributed by atoms with Crippen LogP contribution in [-0.4, -0.2) is 32.8 Å². The first kappa shape index (κ1) is 15.6. The fourth-order valence-electron chi connectivity index (χ4n) is 1.89. The zero-order chi connectivity index (χ0) is 15.9. The number of aliphatic carboxylic acids is 1. The number of imidazole rings is 1. The zero-order valence-electron chi connectivity index (χ0n) is 12.1. The van der Waals surface area contributed by atoms with E-state index < -0.39 is 18.1 Å². The summed E-state index contributed by atoms with van der Waals surface area (Å²) in [6.45, 7) is 0.0859. The Morgan fingerprint density at radius 2 is 2.09 bits per heavy atom. The summed E-state index contributed by atoms with van der Waals surface area (Å²) < 4.78 is 6.72. The van der Waals surface area contributed by atoms with Crippen LogP contribution in [0.25, 0.3) is 0 Å². The van der Waals surface area contributed by atoms with Crippen molar-refractivity contribution in [2.45, 2.75) is 19.1 Å². The van der Waals surface area contributed by atoms with E-state index in [2.05, 4.69) is 10.3 Å². The van der Waals surface area contributed by atoms with E-state index in [4.69, 9.17) is 4.74 Å². The molecule has 1 aromatic heterocycles. The lowest BCUT2D eigenvalue weighted by Gasteiger charge is -2.13. The Kier molecular flexibility index (Phi) is 5.13. The van der Waals surface area contributed by atoms with Crippen LogP contribution in [0.3, 0.4) is 0 Å². The van der Waals surface area contributed by atoms with Crippen LogP contribution in [0, 0.1) is 0 Å². The second kappa shape index (κ2) is 7.26. The van der Waals surface area contributed by atoms with E-state index in [1.165, 1.54) is 0 Å². The van der Waals surface area contributed by atoms with Gasteiger partial charge in [-0.3, -0.25) is 0 Å². The maximum Gasteiger partial charge on any atom is 0.408 e. The average molecular weight is 303 g/mol. The topological polar surface area (TPSA) is 93.5 Å². The van der Waals surface area contributed by atoms with Crippen LogP contribution in [0.2, 0.25) is 0 Å².